The molecule has 2 heterocycles. The number of nitrogens with one attached hydrogen (secondary N) is 1. The number of aryl methyl sites for hydroxylation is 1. The van der Waals surface area contributed by atoms with Crippen molar-refractivity contribution in [3.63, 3.8) is 0 Å². The zero-order valence-electron chi connectivity index (χ0n) is 11.6. The van der Waals surface area contributed by atoms with Crippen LogP contribution in [0.4, 0.5) is 0 Å². The van der Waals surface area contributed by atoms with Crippen LogP contribution < -0.4 is 5.32 Å². The summed E-state index contributed by atoms with van der Waals surface area (Å²) in [5.74, 6) is 0. The van der Waals surface area contributed by atoms with Gasteiger partial charge < -0.3 is 5.32 Å². The Morgan fingerprint density at radius 3 is 2.85 bits per heavy atom. The molecule has 0 bridgehead atoms. The molecule has 1 unspecified atom stereocenters. The van der Waals surface area contributed by atoms with Crippen LogP contribution in [0.3, 0.4) is 0 Å². The Balaban J connectivity index is 1.79. The molecule has 0 fully saturated rings. The minimum atomic E-state index is 0.307. The normalized spacial score (nSPS) is 12.7. The van der Waals surface area contributed by atoms with Crippen molar-refractivity contribution in [2.75, 3.05) is 0 Å². The molecule has 20 heavy (non-hydrogen) atoms. The van der Waals surface area contributed by atoms with Crippen molar-refractivity contribution >= 4 is 22.2 Å². The summed E-state index contributed by atoms with van der Waals surface area (Å²) in [7, 11) is 0. The van der Waals surface area contributed by atoms with Crippen molar-refractivity contribution in [1.82, 2.24) is 15.3 Å². The van der Waals surface area contributed by atoms with Crippen molar-refractivity contribution in [3.8, 4) is 0 Å². The molecular weight excluding hydrogens is 266 g/mol. The molecule has 4 heteroatoms. The minimum Gasteiger partial charge on any atom is -0.305 e. The molecule has 0 saturated heterocycles. The van der Waals surface area contributed by atoms with Crippen LogP contribution >= 0.6 is 11.3 Å². The molecule has 3 nitrogen and oxygen atoms in total. The summed E-state index contributed by atoms with van der Waals surface area (Å²) in [6, 6.07) is 10.7. The highest BCUT2D eigenvalue weighted by molar-refractivity contribution is 7.09. The van der Waals surface area contributed by atoms with E-state index in [1.807, 2.05) is 17.8 Å². The summed E-state index contributed by atoms with van der Waals surface area (Å²) in [6.07, 6.45) is 1.85. The van der Waals surface area contributed by atoms with Gasteiger partial charge in [0.05, 0.1) is 16.7 Å². The van der Waals surface area contributed by atoms with Gasteiger partial charge in [0.15, 0.2) is 0 Å². The van der Waals surface area contributed by atoms with Gasteiger partial charge in [-0.05, 0) is 25.5 Å². The maximum absolute atomic E-state index is 4.49. The van der Waals surface area contributed by atoms with E-state index in [9.17, 15) is 0 Å². The van der Waals surface area contributed by atoms with Crippen molar-refractivity contribution < 1.29 is 0 Å². The highest BCUT2D eigenvalue weighted by Crippen LogP contribution is 2.22. The molecule has 0 aliphatic heterocycles. The van der Waals surface area contributed by atoms with Crippen LogP contribution in [0.25, 0.3) is 10.9 Å². The minimum absolute atomic E-state index is 0.307. The largest absolute Gasteiger partial charge is 0.305 e. The Kier molecular flexibility index (Phi) is 3.76. The Bertz CT molecular complexity index is 715. The lowest BCUT2D eigenvalue weighted by Gasteiger charge is -2.13. The van der Waals surface area contributed by atoms with E-state index in [0.29, 0.717) is 6.04 Å². The predicted octanol–water partition coefficient (Wildman–Crippen LogP) is 3.85. The zero-order chi connectivity index (χ0) is 13.9. The lowest BCUT2D eigenvalue weighted by Crippen LogP contribution is -2.18. The first-order chi connectivity index (χ1) is 9.75. The third-order valence-electron chi connectivity index (χ3n) is 3.49. The molecule has 1 atom stereocenters. The molecule has 0 aliphatic carbocycles. The first-order valence-electron chi connectivity index (χ1n) is 6.71. The van der Waals surface area contributed by atoms with Gasteiger partial charge in [-0.15, -0.1) is 11.3 Å². The standard InChI is InChI=1S/C16H17N3S/c1-11(16-12(2)19-10-20-16)18-9-14-6-3-5-13-7-4-8-17-15(13)14/h3-8,10-11,18H,9H2,1-2H3. The molecule has 3 rings (SSSR count). The van der Waals surface area contributed by atoms with Crippen LogP contribution in [0.1, 0.15) is 29.1 Å². The maximum atomic E-state index is 4.49. The lowest BCUT2D eigenvalue weighted by molar-refractivity contribution is 0.581. The summed E-state index contributed by atoms with van der Waals surface area (Å²) >= 11 is 1.71. The Morgan fingerprint density at radius 2 is 2.05 bits per heavy atom. The van der Waals surface area contributed by atoms with Gasteiger partial charge in [0, 0.05) is 29.0 Å². The lowest BCUT2D eigenvalue weighted by atomic mass is 10.1. The maximum Gasteiger partial charge on any atom is 0.0798 e. The monoisotopic (exact) mass is 283 g/mol. The van der Waals surface area contributed by atoms with Crippen LogP contribution in [0.15, 0.2) is 42.0 Å². The molecule has 0 aliphatic rings. The van der Waals surface area contributed by atoms with Crippen molar-refractivity contribution in [2.24, 2.45) is 0 Å². The number of aromatic nitrogens is 2. The molecular formula is C16H17N3S. The second kappa shape index (κ2) is 5.69. The van der Waals surface area contributed by atoms with Gasteiger partial charge in [-0.2, -0.15) is 0 Å². The van der Waals surface area contributed by atoms with Crippen LogP contribution in [0.5, 0.6) is 0 Å². The van der Waals surface area contributed by atoms with E-state index in [4.69, 9.17) is 0 Å². The fourth-order valence-corrected chi connectivity index (χ4v) is 3.23. The molecule has 0 amide bonds. The summed E-state index contributed by atoms with van der Waals surface area (Å²) < 4.78 is 0. The molecule has 0 radical (unpaired) electrons. The molecule has 2 aromatic heterocycles. The van der Waals surface area contributed by atoms with E-state index >= 15 is 0 Å². The second-order valence-electron chi connectivity index (χ2n) is 4.90. The number of thiazole rings is 1. The number of hydrogen-bond acceptors (Lipinski definition) is 4. The zero-order valence-corrected chi connectivity index (χ0v) is 12.4. The molecule has 0 spiro atoms. The fourth-order valence-electron chi connectivity index (χ4n) is 2.39. The third-order valence-corrected chi connectivity index (χ3v) is 4.60. The van der Waals surface area contributed by atoms with Gasteiger partial charge in [-0.3, -0.25) is 4.98 Å². The first-order valence-corrected chi connectivity index (χ1v) is 7.59. The average molecular weight is 283 g/mol. The third kappa shape index (κ3) is 2.57. The molecule has 1 N–H and O–H groups in total. The molecule has 102 valence electrons. The molecule has 0 saturated carbocycles. The number of fused-ring (bicyclic) bond motifs is 1. The van der Waals surface area contributed by atoms with Crippen molar-refractivity contribution in [1.29, 1.82) is 0 Å². The predicted molar refractivity (Wildman–Crippen MR) is 83.8 cm³/mol. The highest BCUT2D eigenvalue weighted by Gasteiger charge is 2.11. The quantitative estimate of drug-likeness (QED) is 0.790. The second-order valence-corrected chi connectivity index (χ2v) is 5.78. The van der Waals surface area contributed by atoms with E-state index in [2.05, 4.69) is 53.4 Å². The Labute approximate surface area is 122 Å². The van der Waals surface area contributed by atoms with E-state index in [1.54, 1.807) is 11.3 Å². The van der Waals surface area contributed by atoms with Crippen molar-refractivity contribution in [3.05, 3.63) is 58.2 Å². The topological polar surface area (TPSA) is 37.8 Å². The number of para-hydroxylation sites is 1. The smallest absolute Gasteiger partial charge is 0.0798 e. The van der Waals surface area contributed by atoms with Crippen LogP contribution in [0.2, 0.25) is 0 Å². The number of rotatable bonds is 4. The van der Waals surface area contributed by atoms with Gasteiger partial charge in [0.25, 0.3) is 0 Å². The van der Waals surface area contributed by atoms with Crippen LogP contribution in [0, 0.1) is 6.92 Å². The van der Waals surface area contributed by atoms with Gasteiger partial charge in [-0.25, -0.2) is 4.98 Å². The van der Waals surface area contributed by atoms with Crippen LogP contribution in [-0.4, -0.2) is 9.97 Å². The van der Waals surface area contributed by atoms with Gasteiger partial charge in [-0.1, -0.05) is 24.3 Å². The number of benzene rings is 1. The first kappa shape index (κ1) is 13.2. The number of hydrogen-bond donors (Lipinski definition) is 1. The van der Waals surface area contributed by atoms with E-state index in [-0.39, 0.29) is 0 Å². The Hall–Kier alpha value is -1.78. The fraction of sp³-hybridized carbons (Fsp3) is 0.250. The van der Waals surface area contributed by atoms with E-state index < -0.39 is 0 Å². The highest BCUT2D eigenvalue weighted by atomic mass is 32.1. The van der Waals surface area contributed by atoms with Gasteiger partial charge in [0.2, 0.25) is 0 Å². The van der Waals surface area contributed by atoms with Crippen molar-refractivity contribution in [2.45, 2.75) is 26.4 Å². The molecule has 3 aromatic rings. The van der Waals surface area contributed by atoms with Crippen LogP contribution in [-0.2, 0) is 6.54 Å². The SMILES string of the molecule is Cc1ncsc1C(C)NCc1cccc2cccnc12. The summed E-state index contributed by atoms with van der Waals surface area (Å²) in [5.41, 5.74) is 5.33. The van der Waals surface area contributed by atoms with Gasteiger partial charge in [0.1, 0.15) is 0 Å². The van der Waals surface area contributed by atoms with E-state index in [0.717, 1.165) is 17.8 Å². The van der Waals surface area contributed by atoms with E-state index in [1.165, 1.54) is 15.8 Å². The summed E-state index contributed by atoms with van der Waals surface area (Å²) in [6.45, 7) is 5.05. The number of pyridine rings is 1. The Morgan fingerprint density at radius 1 is 1.20 bits per heavy atom. The summed E-state index contributed by atoms with van der Waals surface area (Å²) in [4.78, 5) is 10.1. The van der Waals surface area contributed by atoms with Gasteiger partial charge >= 0.3 is 0 Å². The number of nitrogens with zero attached hydrogens (tertiary/aromatic N) is 2. The summed E-state index contributed by atoms with van der Waals surface area (Å²) in [5, 5.41) is 4.75. The molecule has 1 aromatic carbocycles. The average Bonchev–Trinajstić information content (AvgIpc) is 2.91.